The number of carbonyl (C=O) groups excluding carboxylic acids is 10. The van der Waals surface area contributed by atoms with Crippen molar-refractivity contribution in [2.45, 2.75) is 123 Å². The van der Waals surface area contributed by atoms with Crippen molar-refractivity contribution in [3.8, 4) is 0 Å². The molecular weight excluding hydrogens is 780 g/mol. The van der Waals surface area contributed by atoms with Crippen LogP contribution in [-0.4, -0.2) is 155 Å². The molecule has 60 heavy (non-hydrogen) atoms. The zero-order valence-electron chi connectivity index (χ0n) is 35.8. The Morgan fingerprint density at radius 1 is 0.517 bits per heavy atom. The summed E-state index contributed by atoms with van der Waals surface area (Å²) in [6, 6.07) is -7.39. The summed E-state index contributed by atoms with van der Waals surface area (Å²) in [5, 5.41) is 18.8. The van der Waals surface area contributed by atoms with Crippen molar-refractivity contribution >= 4 is 58.9 Å². The van der Waals surface area contributed by atoms with Crippen LogP contribution in [0.25, 0.3) is 0 Å². The van der Waals surface area contributed by atoms with Gasteiger partial charge in [0, 0.05) is 24.9 Å². The first-order chi connectivity index (χ1) is 28.2. The summed E-state index contributed by atoms with van der Waals surface area (Å²) in [6.45, 7) is 12.6. The van der Waals surface area contributed by atoms with E-state index in [9.17, 15) is 47.9 Å². The molecule has 4 rings (SSSR count). The van der Waals surface area contributed by atoms with Gasteiger partial charge in [0.05, 0.1) is 26.2 Å². The SMILES string of the molecule is CC(C)C1NC(=O)C(C(C)C)NC(=O)[C@H](C)NC(=O)[C@H]2CCCN2C(=O)CNC2=CC(=O)CN(C2)C(=O)CNC(=O)[C@H](C)NC(=O)[C@H]2CCCN2C(=O)C(C(C)C)NC1=O. The number of fused-ring (bicyclic) bond motifs is 4. The van der Waals surface area contributed by atoms with Gasteiger partial charge >= 0.3 is 0 Å². The molecule has 0 aromatic rings. The van der Waals surface area contributed by atoms with Crippen LogP contribution < -0.4 is 37.2 Å². The van der Waals surface area contributed by atoms with Gasteiger partial charge in [-0.1, -0.05) is 41.5 Å². The summed E-state index contributed by atoms with van der Waals surface area (Å²) in [5.41, 5.74) is 0.281. The van der Waals surface area contributed by atoms with Gasteiger partial charge in [0.2, 0.25) is 53.2 Å². The van der Waals surface area contributed by atoms with Crippen LogP contribution in [0.4, 0.5) is 0 Å². The number of hydrogen-bond donors (Lipinski definition) is 7. The number of nitrogens with one attached hydrogen (secondary N) is 7. The van der Waals surface area contributed by atoms with E-state index in [0.29, 0.717) is 25.7 Å². The molecule has 7 atom stereocenters. The Kier molecular flexibility index (Phi) is 16.2. The van der Waals surface area contributed by atoms with Crippen LogP contribution in [0, 0.1) is 17.8 Å². The van der Waals surface area contributed by atoms with Gasteiger partial charge in [0.1, 0.15) is 42.3 Å². The molecule has 0 aliphatic carbocycles. The normalized spacial score (nSPS) is 29.2. The minimum Gasteiger partial charge on any atom is -0.378 e. The first-order valence-electron chi connectivity index (χ1n) is 20.8. The second kappa shape index (κ2) is 20.6. The summed E-state index contributed by atoms with van der Waals surface area (Å²) < 4.78 is 0. The Hall–Kier alpha value is -5.56. The molecule has 7 N–H and O–H groups in total. The summed E-state index contributed by atoms with van der Waals surface area (Å²) in [4.78, 5) is 138. The molecule has 0 radical (unpaired) electrons. The van der Waals surface area contributed by atoms with Crippen molar-refractivity contribution in [1.82, 2.24) is 51.9 Å². The number of rotatable bonds is 3. The fraction of sp³-hybridized carbons (Fsp3) is 0.700. The minimum atomic E-state index is -1.13. The summed E-state index contributed by atoms with van der Waals surface area (Å²) in [5.74, 6) is -7.12. The van der Waals surface area contributed by atoms with Crippen molar-refractivity contribution in [3.05, 3.63) is 11.8 Å². The first-order valence-corrected chi connectivity index (χ1v) is 20.8. The molecule has 332 valence electrons. The maximum Gasteiger partial charge on any atom is 0.246 e. The molecule has 4 aliphatic heterocycles. The molecule has 0 aromatic heterocycles. The number of carbonyl (C=O) groups is 10. The summed E-state index contributed by atoms with van der Waals surface area (Å²) in [7, 11) is 0. The van der Waals surface area contributed by atoms with Gasteiger partial charge < -0.3 is 51.9 Å². The van der Waals surface area contributed by atoms with Crippen molar-refractivity contribution in [2.24, 2.45) is 17.8 Å². The van der Waals surface area contributed by atoms with E-state index in [4.69, 9.17) is 0 Å². The van der Waals surface area contributed by atoms with E-state index in [1.54, 1.807) is 41.5 Å². The first kappa shape index (κ1) is 47.1. The lowest BCUT2D eigenvalue weighted by atomic mass is 9.97. The van der Waals surface area contributed by atoms with Crippen LogP contribution >= 0.6 is 0 Å². The van der Waals surface area contributed by atoms with Crippen molar-refractivity contribution in [3.63, 3.8) is 0 Å². The number of nitrogens with zero attached hydrogens (tertiary/aromatic N) is 3. The third-order valence-electron chi connectivity index (χ3n) is 11.2. The smallest absolute Gasteiger partial charge is 0.246 e. The van der Waals surface area contributed by atoms with Gasteiger partial charge in [-0.2, -0.15) is 0 Å². The average Bonchev–Trinajstić information content (AvgIpc) is 3.89. The molecule has 3 fully saturated rings. The van der Waals surface area contributed by atoms with E-state index in [2.05, 4.69) is 37.2 Å². The van der Waals surface area contributed by atoms with Crippen LogP contribution in [0.2, 0.25) is 0 Å². The number of amides is 9. The lowest BCUT2D eigenvalue weighted by Crippen LogP contribution is -2.62. The van der Waals surface area contributed by atoms with E-state index in [0.717, 1.165) is 0 Å². The Morgan fingerprint density at radius 2 is 0.983 bits per heavy atom. The van der Waals surface area contributed by atoms with E-state index in [1.165, 1.54) is 34.6 Å². The highest BCUT2D eigenvalue weighted by Crippen LogP contribution is 2.22. The molecule has 2 bridgehead atoms. The van der Waals surface area contributed by atoms with Gasteiger partial charge in [-0.25, -0.2) is 0 Å². The van der Waals surface area contributed by atoms with Crippen LogP contribution in [0.5, 0.6) is 0 Å². The molecule has 3 unspecified atom stereocenters. The molecule has 0 saturated carbocycles. The highest BCUT2D eigenvalue weighted by Gasteiger charge is 2.41. The Bertz CT molecular complexity index is 1750. The standard InChI is InChI=1S/C40H62N10O10/c1-20(2)31-38(58)46-32(21(3)4)39(59)47-33(22(5)6)40(60)50-14-10-12-28(50)37(57)43-23(7)34(54)42-16-29(52)48-18-25(15-26(51)19-48)41-17-30(53)49-13-9-11-27(49)36(56)44-24(8)35(55)45-31/h15,20-24,27-28,31-33,41H,9-14,16-19H2,1-8H3,(H,42,54)(H,43,57)(H,44,56)(H,45,55)(H,46,58)(H,47,59)/t23-,24-,27+,28+,31?,32?,33?/m0/s1. The summed E-state index contributed by atoms with van der Waals surface area (Å²) >= 11 is 0. The third kappa shape index (κ3) is 11.8. The maximum absolute atomic E-state index is 14.0. The van der Waals surface area contributed by atoms with E-state index in [-0.39, 0.29) is 38.4 Å². The van der Waals surface area contributed by atoms with Crippen LogP contribution in [0.3, 0.4) is 0 Å². The molecule has 3 saturated heterocycles. The maximum atomic E-state index is 14.0. The van der Waals surface area contributed by atoms with Gasteiger partial charge in [-0.05, 0) is 57.3 Å². The highest BCUT2D eigenvalue weighted by atomic mass is 16.2. The third-order valence-corrected chi connectivity index (χ3v) is 11.2. The quantitative estimate of drug-likeness (QED) is 0.155. The largest absolute Gasteiger partial charge is 0.378 e. The summed E-state index contributed by atoms with van der Waals surface area (Å²) in [6.07, 6.45) is 2.93. The van der Waals surface area contributed by atoms with E-state index < -0.39 is 126 Å². The molecule has 4 aliphatic rings. The molecule has 0 aromatic carbocycles. The van der Waals surface area contributed by atoms with Crippen molar-refractivity contribution in [1.29, 1.82) is 0 Å². The Balaban J connectivity index is 1.59. The fourth-order valence-corrected chi connectivity index (χ4v) is 7.65. The Morgan fingerprint density at radius 3 is 1.53 bits per heavy atom. The van der Waals surface area contributed by atoms with Crippen molar-refractivity contribution in [2.75, 3.05) is 39.3 Å². The zero-order valence-corrected chi connectivity index (χ0v) is 35.8. The van der Waals surface area contributed by atoms with Gasteiger partial charge in [0.15, 0.2) is 5.78 Å². The fourth-order valence-electron chi connectivity index (χ4n) is 7.65. The predicted molar refractivity (Wildman–Crippen MR) is 216 cm³/mol. The lowest BCUT2D eigenvalue weighted by molar-refractivity contribution is -0.143. The second-order valence-electron chi connectivity index (χ2n) is 17.0. The number of hydrogen-bond acceptors (Lipinski definition) is 11. The van der Waals surface area contributed by atoms with E-state index in [1.807, 2.05) is 0 Å². The topological polar surface area (TPSA) is 265 Å². The predicted octanol–water partition coefficient (Wildman–Crippen LogP) is -2.59. The monoisotopic (exact) mass is 842 g/mol. The van der Waals surface area contributed by atoms with Crippen molar-refractivity contribution < 1.29 is 47.9 Å². The minimum absolute atomic E-state index is 0.0621. The molecular formula is C40H62N10O10. The van der Waals surface area contributed by atoms with Gasteiger partial charge in [0.25, 0.3) is 0 Å². The van der Waals surface area contributed by atoms with Gasteiger partial charge in [-0.15, -0.1) is 0 Å². The van der Waals surface area contributed by atoms with Crippen LogP contribution in [0.15, 0.2) is 11.8 Å². The molecule has 20 nitrogen and oxygen atoms in total. The molecule has 9 amide bonds. The Labute approximate surface area is 350 Å². The number of ketones is 1. The van der Waals surface area contributed by atoms with Crippen LogP contribution in [-0.2, 0) is 47.9 Å². The molecule has 20 heteroatoms. The van der Waals surface area contributed by atoms with E-state index >= 15 is 0 Å². The molecule has 0 spiro atoms. The zero-order chi connectivity index (χ0) is 44.6. The highest BCUT2D eigenvalue weighted by molar-refractivity contribution is 5.99. The van der Waals surface area contributed by atoms with Crippen LogP contribution in [0.1, 0.15) is 81.1 Å². The lowest BCUT2D eigenvalue weighted by Gasteiger charge is -2.33. The molecule has 4 heterocycles. The van der Waals surface area contributed by atoms with Gasteiger partial charge in [-0.3, -0.25) is 47.9 Å². The average molecular weight is 843 g/mol. The second-order valence-corrected chi connectivity index (χ2v) is 17.0.